The summed E-state index contributed by atoms with van der Waals surface area (Å²) in [5.74, 6) is -1.58. The Labute approximate surface area is 222 Å². The van der Waals surface area contributed by atoms with Crippen LogP contribution in [0.4, 0.5) is 0 Å². The highest BCUT2D eigenvalue weighted by Gasteiger charge is 2.49. The second-order valence-electron chi connectivity index (χ2n) is 8.35. The fraction of sp³-hybridized carbons (Fsp3) is 0.833. The van der Waals surface area contributed by atoms with E-state index in [0.29, 0.717) is 0 Å². The molecular weight excluding hydrogens is 512 g/mol. The van der Waals surface area contributed by atoms with E-state index in [2.05, 4.69) is 0 Å². The fourth-order valence-electron chi connectivity index (χ4n) is 4.57. The lowest BCUT2D eigenvalue weighted by Gasteiger charge is -2.43. The second kappa shape index (κ2) is 16.4. The molecule has 0 bridgehead atoms. The Morgan fingerprint density at radius 1 is 0.500 bits per heavy atom. The average molecular weight is 553 g/mol. The first-order chi connectivity index (χ1) is 18.3. The van der Waals surface area contributed by atoms with E-state index < -0.39 is 73.4 Å². The van der Waals surface area contributed by atoms with Crippen molar-refractivity contribution >= 4 is 11.9 Å². The first-order valence-corrected chi connectivity index (χ1v) is 11.9. The third-order valence-corrected chi connectivity index (χ3v) is 6.42. The van der Waals surface area contributed by atoms with Gasteiger partial charge in [0.05, 0.1) is 0 Å². The molecule has 2 aliphatic heterocycles. The van der Waals surface area contributed by atoms with Gasteiger partial charge >= 0.3 is 11.9 Å². The smallest absolute Gasteiger partial charge is 0.331 e. The molecule has 0 aromatic heterocycles. The van der Waals surface area contributed by atoms with Crippen molar-refractivity contribution in [1.82, 2.24) is 0 Å². The van der Waals surface area contributed by atoms with Gasteiger partial charge in [-0.2, -0.15) is 0 Å². The van der Waals surface area contributed by atoms with Crippen molar-refractivity contribution in [2.24, 2.45) is 0 Å². The molecular formula is C24H40O14. The summed E-state index contributed by atoms with van der Waals surface area (Å²) in [5.41, 5.74) is 0. The SMILES string of the molecule is CO[C@@H]1O[C@H](COC(=O)/C=C/C(=O)OC[C@H]2O[C@@H](OC)[C@H](OC)[C@@H](OC)[C@@H]2OC)[C@@H](OC)[C@H](OC)[C@H]1OC. The monoisotopic (exact) mass is 552 g/mol. The van der Waals surface area contributed by atoms with Crippen molar-refractivity contribution in [3.63, 3.8) is 0 Å². The molecule has 38 heavy (non-hydrogen) atoms. The van der Waals surface area contributed by atoms with E-state index in [1.165, 1.54) is 56.9 Å². The molecule has 0 saturated carbocycles. The number of rotatable bonds is 14. The van der Waals surface area contributed by atoms with Gasteiger partial charge < -0.3 is 56.8 Å². The van der Waals surface area contributed by atoms with Crippen molar-refractivity contribution in [3.05, 3.63) is 12.2 Å². The van der Waals surface area contributed by atoms with Crippen LogP contribution in [0.1, 0.15) is 0 Å². The lowest BCUT2D eigenvalue weighted by Crippen LogP contribution is -2.61. The Morgan fingerprint density at radius 2 is 0.816 bits per heavy atom. The molecule has 14 nitrogen and oxygen atoms in total. The summed E-state index contributed by atoms with van der Waals surface area (Å²) in [5, 5.41) is 0. The van der Waals surface area contributed by atoms with Gasteiger partial charge in [0.2, 0.25) is 0 Å². The third kappa shape index (κ3) is 7.91. The number of carbonyl (C=O) groups is 2. The summed E-state index contributed by atoms with van der Waals surface area (Å²) in [7, 11) is 11.9. The van der Waals surface area contributed by atoms with E-state index in [1.54, 1.807) is 0 Å². The first-order valence-electron chi connectivity index (χ1n) is 11.9. The van der Waals surface area contributed by atoms with Gasteiger partial charge in [-0.15, -0.1) is 0 Å². The normalized spacial score (nSPS) is 35.8. The minimum absolute atomic E-state index is 0.185. The van der Waals surface area contributed by atoms with Crippen LogP contribution < -0.4 is 0 Å². The Kier molecular flexibility index (Phi) is 14.0. The Hall–Kier alpha value is -1.72. The molecule has 10 atom stereocenters. The summed E-state index contributed by atoms with van der Waals surface area (Å²) < 4.78 is 65.7. The molecule has 2 rings (SSSR count). The van der Waals surface area contributed by atoms with Crippen LogP contribution in [0.25, 0.3) is 0 Å². The van der Waals surface area contributed by atoms with Gasteiger partial charge in [0.25, 0.3) is 0 Å². The summed E-state index contributed by atoms with van der Waals surface area (Å²) in [4.78, 5) is 24.5. The topological polar surface area (TPSA) is 145 Å². The maximum absolute atomic E-state index is 12.3. The van der Waals surface area contributed by atoms with Crippen LogP contribution in [0.5, 0.6) is 0 Å². The van der Waals surface area contributed by atoms with Crippen molar-refractivity contribution in [2.75, 3.05) is 70.1 Å². The molecule has 0 N–H and O–H groups in total. The zero-order valence-electron chi connectivity index (χ0n) is 23.1. The summed E-state index contributed by atoms with van der Waals surface area (Å²) in [6.45, 7) is -0.369. The highest BCUT2D eigenvalue weighted by atomic mass is 16.7. The van der Waals surface area contributed by atoms with E-state index in [9.17, 15) is 9.59 Å². The molecule has 220 valence electrons. The molecule has 0 radical (unpaired) electrons. The molecule has 2 aliphatic rings. The molecule has 0 spiro atoms. The van der Waals surface area contributed by atoms with Gasteiger partial charge in [0.15, 0.2) is 12.6 Å². The van der Waals surface area contributed by atoms with E-state index in [0.717, 1.165) is 12.2 Å². The number of methoxy groups -OCH3 is 8. The van der Waals surface area contributed by atoms with Crippen molar-refractivity contribution in [1.29, 1.82) is 0 Å². The number of carbonyl (C=O) groups excluding carboxylic acids is 2. The highest BCUT2D eigenvalue weighted by Crippen LogP contribution is 2.29. The standard InChI is InChI=1S/C24H40O14/c1-27-17-13(37-23(33-7)21(31-5)19(17)29-3)11-35-15(25)9-10-16(26)36-12-14-18(28-2)20(30-4)22(32-6)24(34-8)38-14/h9-10,13-14,17-24H,11-12H2,1-8H3/b10-9+/t13-,14-,17-,18-,19+,20+,21-,22-,23-,24-/m1/s1. The summed E-state index contributed by atoms with van der Waals surface area (Å²) >= 11 is 0. The maximum atomic E-state index is 12.3. The number of ether oxygens (including phenoxy) is 12. The summed E-state index contributed by atoms with van der Waals surface area (Å²) in [6, 6.07) is 0. The van der Waals surface area contributed by atoms with Crippen molar-refractivity contribution in [3.8, 4) is 0 Å². The number of esters is 2. The van der Waals surface area contributed by atoms with E-state index in [4.69, 9.17) is 56.8 Å². The summed E-state index contributed by atoms with van der Waals surface area (Å²) in [6.07, 6.45) is -4.46. The van der Waals surface area contributed by atoms with Crippen LogP contribution >= 0.6 is 0 Å². The minimum atomic E-state index is -0.789. The second-order valence-corrected chi connectivity index (χ2v) is 8.35. The van der Waals surface area contributed by atoms with Crippen LogP contribution in [-0.4, -0.2) is 143 Å². The van der Waals surface area contributed by atoms with E-state index in [1.807, 2.05) is 0 Å². The molecule has 0 unspecified atom stereocenters. The molecule has 0 aromatic carbocycles. The molecule has 2 saturated heterocycles. The number of hydrogen-bond acceptors (Lipinski definition) is 14. The predicted octanol–water partition coefficient (Wildman–Crippen LogP) is -0.538. The zero-order valence-corrected chi connectivity index (χ0v) is 23.1. The molecule has 14 heteroatoms. The fourth-order valence-corrected chi connectivity index (χ4v) is 4.57. The van der Waals surface area contributed by atoms with Gasteiger partial charge in [0.1, 0.15) is 62.0 Å². The third-order valence-electron chi connectivity index (χ3n) is 6.42. The Balaban J connectivity index is 1.91. The maximum Gasteiger partial charge on any atom is 0.331 e. The highest BCUT2D eigenvalue weighted by molar-refractivity contribution is 5.91. The van der Waals surface area contributed by atoms with Crippen LogP contribution in [0.3, 0.4) is 0 Å². The van der Waals surface area contributed by atoms with Gasteiger partial charge in [-0.3, -0.25) is 0 Å². The van der Waals surface area contributed by atoms with Crippen LogP contribution in [0, 0.1) is 0 Å². The molecule has 0 aliphatic carbocycles. The molecule has 2 heterocycles. The van der Waals surface area contributed by atoms with Crippen LogP contribution in [-0.2, 0) is 66.4 Å². The Bertz CT molecular complexity index is 688. The van der Waals surface area contributed by atoms with Gasteiger partial charge in [0, 0.05) is 69.0 Å². The minimum Gasteiger partial charge on any atom is -0.460 e. The number of hydrogen-bond donors (Lipinski definition) is 0. The van der Waals surface area contributed by atoms with Gasteiger partial charge in [-0.1, -0.05) is 0 Å². The Morgan fingerprint density at radius 3 is 1.08 bits per heavy atom. The molecule has 0 aromatic rings. The van der Waals surface area contributed by atoms with Crippen molar-refractivity contribution < 1.29 is 66.4 Å². The van der Waals surface area contributed by atoms with Crippen LogP contribution in [0.15, 0.2) is 12.2 Å². The van der Waals surface area contributed by atoms with E-state index >= 15 is 0 Å². The average Bonchev–Trinajstić information content (AvgIpc) is 2.95. The van der Waals surface area contributed by atoms with Crippen LogP contribution in [0.2, 0.25) is 0 Å². The van der Waals surface area contributed by atoms with Gasteiger partial charge in [-0.25, -0.2) is 9.59 Å². The lowest BCUT2D eigenvalue weighted by molar-refractivity contribution is -0.307. The molecule has 2 fully saturated rings. The van der Waals surface area contributed by atoms with E-state index in [-0.39, 0.29) is 13.2 Å². The quantitative estimate of drug-likeness (QED) is 0.201. The van der Waals surface area contributed by atoms with Crippen molar-refractivity contribution in [2.45, 2.75) is 61.4 Å². The first kappa shape index (κ1) is 32.5. The molecule has 0 amide bonds. The largest absolute Gasteiger partial charge is 0.460 e. The zero-order chi connectivity index (χ0) is 28.2. The lowest BCUT2D eigenvalue weighted by atomic mass is 9.98. The predicted molar refractivity (Wildman–Crippen MR) is 127 cm³/mol. The van der Waals surface area contributed by atoms with Gasteiger partial charge in [-0.05, 0) is 0 Å².